The number of nitrogens with zero attached hydrogens (tertiary/aromatic N) is 2. The van der Waals surface area contributed by atoms with Gasteiger partial charge in [0, 0.05) is 43.1 Å². The molecule has 28 heavy (non-hydrogen) atoms. The highest BCUT2D eigenvalue weighted by Crippen LogP contribution is 2.17. The Bertz CT molecular complexity index is 901. The van der Waals surface area contributed by atoms with Gasteiger partial charge in [0.15, 0.2) is 0 Å². The summed E-state index contributed by atoms with van der Waals surface area (Å²) < 4.78 is 5.74. The molecular weight excluding hydrogens is 374 g/mol. The van der Waals surface area contributed by atoms with Crippen LogP contribution >= 0.6 is 11.6 Å². The van der Waals surface area contributed by atoms with Crippen molar-refractivity contribution in [3.05, 3.63) is 94.8 Å². The summed E-state index contributed by atoms with van der Waals surface area (Å²) in [6, 6.07) is 18.9. The van der Waals surface area contributed by atoms with Crippen molar-refractivity contribution in [3.63, 3.8) is 0 Å². The van der Waals surface area contributed by atoms with Crippen molar-refractivity contribution >= 4 is 17.6 Å². The van der Waals surface area contributed by atoms with E-state index >= 15 is 0 Å². The van der Waals surface area contributed by atoms with Crippen molar-refractivity contribution in [3.8, 4) is 5.75 Å². The smallest absolute Gasteiger partial charge is 0.317 e. The maximum atomic E-state index is 12.3. The number of amides is 2. The molecule has 3 aromatic rings. The summed E-state index contributed by atoms with van der Waals surface area (Å²) in [6.07, 6.45) is 3.52. The number of hydrogen-bond acceptors (Lipinski definition) is 3. The average molecular weight is 396 g/mol. The second-order valence-corrected chi connectivity index (χ2v) is 6.81. The molecule has 0 saturated heterocycles. The molecule has 0 fully saturated rings. The number of rotatable bonds is 7. The number of hydrogen-bond donors (Lipinski definition) is 1. The second kappa shape index (κ2) is 9.76. The van der Waals surface area contributed by atoms with Crippen molar-refractivity contribution in [1.29, 1.82) is 0 Å². The van der Waals surface area contributed by atoms with Gasteiger partial charge < -0.3 is 15.0 Å². The molecule has 0 bridgehead atoms. The maximum absolute atomic E-state index is 12.3. The number of urea groups is 1. The van der Waals surface area contributed by atoms with E-state index in [2.05, 4.69) is 10.3 Å². The van der Waals surface area contributed by atoms with Crippen LogP contribution in [0.3, 0.4) is 0 Å². The third kappa shape index (κ3) is 5.72. The number of carbonyl (C=O) groups excluding carboxylic acids is 1. The van der Waals surface area contributed by atoms with Gasteiger partial charge in [-0.1, -0.05) is 48.0 Å². The summed E-state index contributed by atoms with van der Waals surface area (Å²) in [7, 11) is 1.74. The van der Waals surface area contributed by atoms with E-state index in [0.717, 1.165) is 22.4 Å². The zero-order valence-corrected chi connectivity index (χ0v) is 16.4. The Morgan fingerprint density at radius 3 is 2.57 bits per heavy atom. The van der Waals surface area contributed by atoms with Gasteiger partial charge in [-0.25, -0.2) is 4.79 Å². The van der Waals surface area contributed by atoms with Crippen LogP contribution < -0.4 is 10.1 Å². The summed E-state index contributed by atoms with van der Waals surface area (Å²) in [5.41, 5.74) is 2.92. The second-order valence-electron chi connectivity index (χ2n) is 6.40. The Kier molecular flexibility index (Phi) is 6.87. The van der Waals surface area contributed by atoms with Crippen LogP contribution in [0.1, 0.15) is 16.7 Å². The fourth-order valence-electron chi connectivity index (χ4n) is 2.62. The van der Waals surface area contributed by atoms with Crippen LogP contribution in [0.4, 0.5) is 4.79 Å². The third-order valence-corrected chi connectivity index (χ3v) is 4.58. The molecule has 0 unspecified atom stereocenters. The molecule has 144 valence electrons. The largest absolute Gasteiger partial charge is 0.489 e. The molecule has 6 heteroatoms. The van der Waals surface area contributed by atoms with Gasteiger partial charge in [-0.3, -0.25) is 4.98 Å². The van der Waals surface area contributed by atoms with Gasteiger partial charge in [0.2, 0.25) is 0 Å². The molecule has 1 N–H and O–H groups in total. The minimum atomic E-state index is -0.156. The Morgan fingerprint density at radius 1 is 1.07 bits per heavy atom. The number of nitrogens with one attached hydrogen (secondary N) is 1. The van der Waals surface area contributed by atoms with Crippen LogP contribution in [0, 0.1) is 0 Å². The number of pyridine rings is 1. The molecule has 0 saturated carbocycles. The fraction of sp³-hybridized carbons (Fsp3) is 0.182. The van der Waals surface area contributed by atoms with E-state index in [1.165, 1.54) is 0 Å². The van der Waals surface area contributed by atoms with Crippen molar-refractivity contribution in [2.75, 3.05) is 7.05 Å². The first-order valence-corrected chi connectivity index (χ1v) is 9.32. The molecule has 2 amide bonds. The zero-order chi connectivity index (χ0) is 19.8. The van der Waals surface area contributed by atoms with Crippen LogP contribution in [-0.2, 0) is 19.7 Å². The SMILES string of the molecule is CN(Cc1ccccc1Cl)C(=O)NCc1ccc(OCc2cccnc2)cc1. The minimum absolute atomic E-state index is 0.156. The summed E-state index contributed by atoms with van der Waals surface area (Å²) >= 11 is 6.15. The first kappa shape index (κ1) is 19.7. The van der Waals surface area contributed by atoms with Crippen LogP contribution in [-0.4, -0.2) is 23.0 Å². The Hall–Kier alpha value is -3.05. The molecule has 0 aliphatic carbocycles. The number of ether oxygens (including phenoxy) is 1. The first-order chi connectivity index (χ1) is 13.6. The number of aromatic nitrogens is 1. The monoisotopic (exact) mass is 395 g/mol. The van der Waals surface area contributed by atoms with Crippen molar-refractivity contribution < 1.29 is 9.53 Å². The van der Waals surface area contributed by atoms with Crippen molar-refractivity contribution in [2.45, 2.75) is 19.7 Å². The molecular formula is C22H22ClN3O2. The van der Waals surface area contributed by atoms with Gasteiger partial charge in [-0.15, -0.1) is 0 Å². The normalized spacial score (nSPS) is 10.4. The van der Waals surface area contributed by atoms with Crippen LogP contribution in [0.15, 0.2) is 73.1 Å². The van der Waals surface area contributed by atoms with E-state index in [9.17, 15) is 4.79 Å². The van der Waals surface area contributed by atoms with E-state index in [-0.39, 0.29) is 6.03 Å². The van der Waals surface area contributed by atoms with Crippen molar-refractivity contribution in [1.82, 2.24) is 15.2 Å². The quantitative estimate of drug-likeness (QED) is 0.633. The van der Waals surface area contributed by atoms with Crippen LogP contribution in [0.5, 0.6) is 5.75 Å². The summed E-state index contributed by atoms with van der Waals surface area (Å²) in [6.45, 7) is 1.36. The van der Waals surface area contributed by atoms with E-state index < -0.39 is 0 Å². The fourth-order valence-corrected chi connectivity index (χ4v) is 2.82. The third-order valence-electron chi connectivity index (χ3n) is 4.21. The van der Waals surface area contributed by atoms with E-state index in [4.69, 9.17) is 16.3 Å². The zero-order valence-electron chi connectivity index (χ0n) is 15.6. The van der Waals surface area contributed by atoms with E-state index in [0.29, 0.717) is 24.7 Å². The van der Waals surface area contributed by atoms with Crippen LogP contribution in [0.25, 0.3) is 0 Å². The molecule has 0 atom stereocenters. The molecule has 3 rings (SSSR count). The van der Waals surface area contributed by atoms with E-state index in [1.54, 1.807) is 24.3 Å². The number of halogens is 1. The topological polar surface area (TPSA) is 54.5 Å². The first-order valence-electron chi connectivity index (χ1n) is 8.95. The lowest BCUT2D eigenvalue weighted by atomic mass is 10.2. The lowest BCUT2D eigenvalue weighted by molar-refractivity contribution is 0.206. The molecule has 0 aliphatic rings. The molecule has 5 nitrogen and oxygen atoms in total. The summed E-state index contributed by atoms with van der Waals surface area (Å²) in [5.74, 6) is 0.773. The molecule has 0 radical (unpaired) electrons. The predicted molar refractivity (Wildman–Crippen MR) is 110 cm³/mol. The van der Waals surface area contributed by atoms with Gasteiger partial charge in [0.25, 0.3) is 0 Å². The Balaban J connectivity index is 1.46. The highest BCUT2D eigenvalue weighted by molar-refractivity contribution is 6.31. The lowest BCUT2D eigenvalue weighted by Gasteiger charge is -2.19. The van der Waals surface area contributed by atoms with Gasteiger partial charge in [0.05, 0.1) is 0 Å². The van der Waals surface area contributed by atoms with Gasteiger partial charge in [-0.05, 0) is 35.4 Å². The predicted octanol–water partition coefficient (Wildman–Crippen LogP) is 4.66. The van der Waals surface area contributed by atoms with Crippen LogP contribution in [0.2, 0.25) is 5.02 Å². The number of benzene rings is 2. The van der Waals surface area contributed by atoms with Gasteiger partial charge in [-0.2, -0.15) is 0 Å². The molecule has 0 aliphatic heterocycles. The Morgan fingerprint density at radius 2 is 1.86 bits per heavy atom. The van der Waals surface area contributed by atoms with Crippen molar-refractivity contribution in [2.24, 2.45) is 0 Å². The highest BCUT2D eigenvalue weighted by Gasteiger charge is 2.10. The maximum Gasteiger partial charge on any atom is 0.317 e. The van der Waals surface area contributed by atoms with Gasteiger partial charge in [0.1, 0.15) is 12.4 Å². The Labute approximate surface area is 169 Å². The molecule has 2 aromatic carbocycles. The molecule has 1 aromatic heterocycles. The minimum Gasteiger partial charge on any atom is -0.489 e. The summed E-state index contributed by atoms with van der Waals surface area (Å²) in [4.78, 5) is 18.0. The molecule has 1 heterocycles. The van der Waals surface area contributed by atoms with E-state index in [1.807, 2.05) is 60.7 Å². The highest BCUT2D eigenvalue weighted by atomic mass is 35.5. The molecule has 0 spiro atoms. The lowest BCUT2D eigenvalue weighted by Crippen LogP contribution is -2.36. The standard InChI is InChI=1S/C22H22ClN3O2/c1-26(15-19-6-2-3-7-21(19)23)22(27)25-14-17-8-10-20(11-9-17)28-16-18-5-4-12-24-13-18/h2-13H,14-16H2,1H3,(H,25,27). The average Bonchev–Trinajstić information content (AvgIpc) is 2.73. The summed E-state index contributed by atoms with van der Waals surface area (Å²) in [5, 5.41) is 3.57. The number of carbonyl (C=O) groups is 1. The van der Waals surface area contributed by atoms with Gasteiger partial charge >= 0.3 is 6.03 Å².